The van der Waals surface area contributed by atoms with Crippen LogP contribution in [0, 0.1) is 25.6 Å². The van der Waals surface area contributed by atoms with Gasteiger partial charge in [-0.2, -0.15) is 0 Å². The molecule has 94 valence electrons. The first-order chi connectivity index (χ1) is 8.00. The van der Waals surface area contributed by atoms with Crippen LogP contribution in [0.15, 0.2) is 6.07 Å². The lowest BCUT2D eigenvalue weighted by Gasteiger charge is -2.28. The van der Waals surface area contributed by atoms with Gasteiger partial charge in [0, 0.05) is 0 Å². The average Bonchev–Trinajstić information content (AvgIpc) is 2.29. The Hall–Kier alpha value is -0.560. The molecule has 0 aliphatic heterocycles. The van der Waals surface area contributed by atoms with Gasteiger partial charge in [0.2, 0.25) is 0 Å². The Morgan fingerprint density at radius 2 is 1.71 bits per heavy atom. The highest BCUT2D eigenvalue weighted by Crippen LogP contribution is 2.40. The summed E-state index contributed by atoms with van der Waals surface area (Å²) in [6, 6.07) is 2.01. The molecule has 1 aliphatic carbocycles. The van der Waals surface area contributed by atoms with E-state index >= 15 is 0 Å². The van der Waals surface area contributed by atoms with Crippen molar-refractivity contribution in [3.63, 3.8) is 0 Å². The van der Waals surface area contributed by atoms with Crippen LogP contribution in [0.1, 0.15) is 55.2 Å². The monoisotopic (exact) mass is 254 g/mol. The SMILES string of the molecule is Cc1cc(C)c(C2CCC(C)CC2)c(F)c1Cl. The molecule has 0 radical (unpaired) electrons. The van der Waals surface area contributed by atoms with Gasteiger partial charge < -0.3 is 0 Å². The molecular formula is C15H20ClF. The smallest absolute Gasteiger partial charge is 0.145 e. The fraction of sp³-hybridized carbons (Fsp3) is 0.600. The molecule has 17 heavy (non-hydrogen) atoms. The largest absolute Gasteiger partial charge is 0.205 e. The molecule has 0 nitrogen and oxygen atoms in total. The maximum Gasteiger partial charge on any atom is 0.145 e. The van der Waals surface area contributed by atoms with Crippen LogP contribution >= 0.6 is 11.6 Å². The molecule has 2 heteroatoms. The summed E-state index contributed by atoms with van der Waals surface area (Å²) in [4.78, 5) is 0. The zero-order valence-corrected chi connectivity index (χ0v) is 11.6. The van der Waals surface area contributed by atoms with Crippen LogP contribution in [-0.2, 0) is 0 Å². The van der Waals surface area contributed by atoms with Crippen LogP contribution in [0.2, 0.25) is 5.02 Å². The lowest BCUT2D eigenvalue weighted by Crippen LogP contribution is -2.13. The van der Waals surface area contributed by atoms with Gasteiger partial charge in [0.15, 0.2) is 0 Å². The van der Waals surface area contributed by atoms with Crippen molar-refractivity contribution in [3.8, 4) is 0 Å². The zero-order chi connectivity index (χ0) is 12.6. The standard InChI is InChI=1S/C15H20ClF/c1-9-4-6-12(7-5-9)13-10(2)8-11(3)14(16)15(13)17/h8-9,12H,4-7H2,1-3H3. The summed E-state index contributed by atoms with van der Waals surface area (Å²) in [5, 5.41) is 0.309. The zero-order valence-electron chi connectivity index (χ0n) is 10.8. The van der Waals surface area contributed by atoms with Crippen molar-refractivity contribution in [1.29, 1.82) is 0 Å². The third kappa shape index (κ3) is 2.49. The Labute approximate surface area is 108 Å². The lowest BCUT2D eigenvalue weighted by molar-refractivity contribution is 0.341. The topological polar surface area (TPSA) is 0 Å². The van der Waals surface area contributed by atoms with E-state index in [1.54, 1.807) is 0 Å². The second-order valence-corrected chi connectivity index (χ2v) is 5.89. The van der Waals surface area contributed by atoms with Gasteiger partial charge in [0.1, 0.15) is 5.82 Å². The van der Waals surface area contributed by atoms with Crippen LogP contribution < -0.4 is 0 Å². The van der Waals surface area contributed by atoms with E-state index in [0.717, 1.165) is 35.4 Å². The van der Waals surface area contributed by atoms with Gasteiger partial charge in [0.25, 0.3) is 0 Å². The molecule has 0 unspecified atom stereocenters. The molecule has 1 aromatic carbocycles. The third-order valence-corrected chi connectivity index (χ3v) is 4.52. The van der Waals surface area contributed by atoms with Crippen molar-refractivity contribution in [1.82, 2.24) is 0 Å². The first kappa shape index (κ1) is 12.9. The van der Waals surface area contributed by atoms with Gasteiger partial charge >= 0.3 is 0 Å². The fourth-order valence-corrected chi connectivity index (χ4v) is 3.14. The maximum absolute atomic E-state index is 14.3. The summed E-state index contributed by atoms with van der Waals surface area (Å²) in [6.45, 7) is 6.15. The molecule has 1 aromatic rings. The van der Waals surface area contributed by atoms with Crippen LogP contribution in [0.25, 0.3) is 0 Å². The Balaban J connectivity index is 2.35. The number of aryl methyl sites for hydroxylation is 2. The molecule has 0 atom stereocenters. The summed E-state index contributed by atoms with van der Waals surface area (Å²) >= 11 is 6.03. The van der Waals surface area contributed by atoms with Crippen LogP contribution in [0.3, 0.4) is 0 Å². The van der Waals surface area contributed by atoms with E-state index in [2.05, 4.69) is 6.92 Å². The second kappa shape index (κ2) is 4.97. The van der Waals surface area contributed by atoms with E-state index in [1.165, 1.54) is 12.8 Å². The molecule has 0 aromatic heterocycles. The van der Waals surface area contributed by atoms with Crippen LogP contribution in [0.4, 0.5) is 4.39 Å². The normalized spacial score (nSPS) is 25.0. The van der Waals surface area contributed by atoms with Gasteiger partial charge in [-0.1, -0.05) is 37.4 Å². The first-order valence-electron chi connectivity index (χ1n) is 6.45. The first-order valence-corrected chi connectivity index (χ1v) is 6.83. The van der Waals surface area contributed by atoms with Gasteiger partial charge in [-0.25, -0.2) is 4.39 Å². The van der Waals surface area contributed by atoms with Crippen molar-refractivity contribution < 1.29 is 4.39 Å². The third-order valence-electron chi connectivity index (χ3n) is 4.06. The maximum atomic E-state index is 14.3. The van der Waals surface area contributed by atoms with E-state index in [-0.39, 0.29) is 5.82 Å². The average molecular weight is 255 g/mol. The van der Waals surface area contributed by atoms with Gasteiger partial charge in [0.05, 0.1) is 5.02 Å². The summed E-state index contributed by atoms with van der Waals surface area (Å²) in [7, 11) is 0. The quantitative estimate of drug-likeness (QED) is 0.630. The molecule has 0 bridgehead atoms. The van der Waals surface area contributed by atoms with E-state index in [9.17, 15) is 4.39 Å². The predicted molar refractivity (Wildman–Crippen MR) is 71.3 cm³/mol. The molecule has 2 rings (SSSR count). The van der Waals surface area contributed by atoms with Gasteiger partial charge in [-0.3, -0.25) is 0 Å². The summed E-state index contributed by atoms with van der Waals surface area (Å²) in [5.74, 6) is 0.976. The Kier molecular flexibility index (Phi) is 3.77. The Morgan fingerprint density at radius 1 is 1.12 bits per heavy atom. The molecule has 1 aliphatic rings. The molecule has 1 saturated carbocycles. The number of benzene rings is 1. The van der Waals surface area contributed by atoms with E-state index in [4.69, 9.17) is 11.6 Å². The van der Waals surface area contributed by atoms with Gasteiger partial charge in [-0.15, -0.1) is 0 Å². The number of rotatable bonds is 1. The highest BCUT2D eigenvalue weighted by atomic mass is 35.5. The van der Waals surface area contributed by atoms with Crippen molar-refractivity contribution in [2.75, 3.05) is 0 Å². The van der Waals surface area contributed by atoms with Gasteiger partial charge in [-0.05, 0) is 55.2 Å². The molecule has 0 N–H and O–H groups in total. The van der Waals surface area contributed by atoms with Crippen molar-refractivity contribution in [2.45, 2.75) is 52.4 Å². The molecule has 0 heterocycles. The van der Waals surface area contributed by atoms with Crippen LogP contribution in [0.5, 0.6) is 0 Å². The van der Waals surface area contributed by atoms with E-state index < -0.39 is 0 Å². The minimum absolute atomic E-state index is 0.177. The Morgan fingerprint density at radius 3 is 2.29 bits per heavy atom. The molecule has 0 saturated heterocycles. The van der Waals surface area contributed by atoms with Crippen molar-refractivity contribution >= 4 is 11.6 Å². The number of hydrogen-bond donors (Lipinski definition) is 0. The highest BCUT2D eigenvalue weighted by molar-refractivity contribution is 6.31. The highest BCUT2D eigenvalue weighted by Gasteiger charge is 2.25. The fourth-order valence-electron chi connectivity index (χ4n) is 2.98. The molecular weight excluding hydrogens is 235 g/mol. The van der Waals surface area contributed by atoms with E-state index in [1.807, 2.05) is 19.9 Å². The summed E-state index contributed by atoms with van der Waals surface area (Å²) in [6.07, 6.45) is 4.60. The lowest BCUT2D eigenvalue weighted by atomic mass is 9.78. The minimum Gasteiger partial charge on any atom is -0.205 e. The van der Waals surface area contributed by atoms with Crippen molar-refractivity contribution in [3.05, 3.63) is 33.6 Å². The summed E-state index contributed by atoms with van der Waals surface area (Å²) in [5.41, 5.74) is 2.77. The molecule has 0 spiro atoms. The van der Waals surface area contributed by atoms with Crippen molar-refractivity contribution in [2.24, 2.45) is 5.92 Å². The second-order valence-electron chi connectivity index (χ2n) is 5.51. The Bertz CT molecular complexity index is 417. The number of halogens is 2. The molecule has 0 amide bonds. The predicted octanol–water partition coefficient (Wildman–Crippen LogP) is 5.39. The molecule has 1 fully saturated rings. The summed E-state index contributed by atoms with van der Waals surface area (Å²) < 4.78 is 14.3. The van der Waals surface area contributed by atoms with Crippen LogP contribution in [-0.4, -0.2) is 0 Å². The van der Waals surface area contributed by atoms with E-state index in [0.29, 0.717) is 10.9 Å². The minimum atomic E-state index is -0.177. The number of hydrogen-bond acceptors (Lipinski definition) is 0.